The van der Waals surface area contributed by atoms with Crippen LogP contribution in [0.4, 0.5) is 0 Å². The maximum atomic E-state index is 9.47. The van der Waals surface area contributed by atoms with Crippen LogP contribution in [0.25, 0.3) is 0 Å². The summed E-state index contributed by atoms with van der Waals surface area (Å²) in [5.41, 5.74) is 0.256. The van der Waals surface area contributed by atoms with Gasteiger partial charge < -0.3 is 9.84 Å². The van der Waals surface area contributed by atoms with Crippen molar-refractivity contribution >= 4 is 0 Å². The van der Waals surface area contributed by atoms with Gasteiger partial charge in [-0.3, -0.25) is 0 Å². The molecular formula is C12H22O2. The van der Waals surface area contributed by atoms with Crippen LogP contribution >= 0.6 is 0 Å². The Morgan fingerprint density at radius 3 is 2.36 bits per heavy atom. The normalized spacial score (nSPS) is 36.4. The van der Waals surface area contributed by atoms with Gasteiger partial charge in [0.1, 0.15) is 0 Å². The summed E-state index contributed by atoms with van der Waals surface area (Å²) in [7, 11) is 0. The van der Waals surface area contributed by atoms with Crippen LogP contribution in [-0.4, -0.2) is 23.9 Å². The first-order chi connectivity index (χ1) is 6.68. The third kappa shape index (κ3) is 1.96. The molecule has 0 aromatic heterocycles. The van der Waals surface area contributed by atoms with Crippen LogP contribution in [0.2, 0.25) is 0 Å². The molecule has 0 radical (unpaired) electrons. The minimum absolute atomic E-state index is 0.181. The lowest BCUT2D eigenvalue weighted by Gasteiger charge is -2.35. The maximum absolute atomic E-state index is 9.47. The van der Waals surface area contributed by atoms with Crippen molar-refractivity contribution in [3.05, 3.63) is 0 Å². The van der Waals surface area contributed by atoms with Crippen molar-refractivity contribution in [3.8, 4) is 0 Å². The van der Waals surface area contributed by atoms with Crippen LogP contribution < -0.4 is 0 Å². The molecule has 0 bridgehead atoms. The molecule has 0 amide bonds. The highest BCUT2D eigenvalue weighted by molar-refractivity contribution is 4.93. The molecule has 0 aromatic carbocycles. The summed E-state index contributed by atoms with van der Waals surface area (Å²) in [6, 6.07) is 0. The first-order valence-corrected chi connectivity index (χ1v) is 5.93. The largest absolute Gasteiger partial charge is 0.393 e. The van der Waals surface area contributed by atoms with E-state index in [-0.39, 0.29) is 12.2 Å². The zero-order valence-electron chi connectivity index (χ0n) is 9.22. The first-order valence-electron chi connectivity index (χ1n) is 5.93. The predicted molar refractivity (Wildman–Crippen MR) is 56.2 cm³/mol. The molecule has 1 N–H and O–H groups in total. The highest BCUT2D eigenvalue weighted by Gasteiger charge is 2.42. The Labute approximate surface area is 86.6 Å². The standard InChI is InChI=1S/C12H22O2/c1-11(5-2-3-6-11)9-12(10-13)7-4-8-14-12/h13H,2-10H2,1H3. The van der Waals surface area contributed by atoms with Crippen LogP contribution in [0.1, 0.15) is 51.9 Å². The topological polar surface area (TPSA) is 29.5 Å². The summed E-state index contributed by atoms with van der Waals surface area (Å²) >= 11 is 0. The summed E-state index contributed by atoms with van der Waals surface area (Å²) in [4.78, 5) is 0. The second-order valence-electron chi connectivity index (χ2n) is 5.49. The highest BCUT2D eigenvalue weighted by atomic mass is 16.5. The molecule has 2 aliphatic rings. The van der Waals surface area contributed by atoms with Gasteiger partial charge in [0.25, 0.3) is 0 Å². The number of hydrogen-bond donors (Lipinski definition) is 1. The van der Waals surface area contributed by atoms with Gasteiger partial charge in [-0.1, -0.05) is 19.8 Å². The van der Waals surface area contributed by atoms with E-state index in [1.54, 1.807) is 0 Å². The third-order valence-electron chi connectivity index (χ3n) is 4.03. The van der Waals surface area contributed by atoms with E-state index in [1.165, 1.54) is 25.7 Å². The van der Waals surface area contributed by atoms with Crippen LogP contribution in [0.15, 0.2) is 0 Å². The molecule has 1 aliphatic carbocycles. The number of hydrogen-bond acceptors (Lipinski definition) is 2. The molecule has 82 valence electrons. The smallest absolute Gasteiger partial charge is 0.0918 e. The lowest BCUT2D eigenvalue weighted by atomic mass is 9.76. The molecule has 1 aliphatic heterocycles. The van der Waals surface area contributed by atoms with Gasteiger partial charge in [-0.15, -0.1) is 0 Å². The molecule has 2 nitrogen and oxygen atoms in total. The Kier molecular flexibility index (Phi) is 2.85. The van der Waals surface area contributed by atoms with E-state index >= 15 is 0 Å². The van der Waals surface area contributed by atoms with E-state index in [0.29, 0.717) is 5.41 Å². The predicted octanol–water partition coefficient (Wildman–Crippen LogP) is 2.50. The van der Waals surface area contributed by atoms with Gasteiger partial charge >= 0.3 is 0 Å². The van der Waals surface area contributed by atoms with E-state index in [1.807, 2.05) is 0 Å². The Morgan fingerprint density at radius 2 is 1.86 bits per heavy atom. The molecule has 2 fully saturated rings. The second-order valence-corrected chi connectivity index (χ2v) is 5.49. The van der Waals surface area contributed by atoms with Crippen molar-refractivity contribution in [2.75, 3.05) is 13.2 Å². The zero-order chi connectivity index (χ0) is 10.1. The molecule has 2 rings (SSSR count). The molecule has 14 heavy (non-hydrogen) atoms. The van der Waals surface area contributed by atoms with Gasteiger partial charge in [-0.05, 0) is 37.5 Å². The quantitative estimate of drug-likeness (QED) is 0.755. The van der Waals surface area contributed by atoms with E-state index in [2.05, 4.69) is 6.92 Å². The van der Waals surface area contributed by atoms with Gasteiger partial charge in [0, 0.05) is 6.61 Å². The van der Waals surface area contributed by atoms with Gasteiger partial charge in [0.15, 0.2) is 0 Å². The molecular weight excluding hydrogens is 176 g/mol. The average Bonchev–Trinajstić information content (AvgIpc) is 2.76. The Hall–Kier alpha value is -0.0800. The Bertz CT molecular complexity index is 188. The molecule has 1 atom stereocenters. The zero-order valence-corrected chi connectivity index (χ0v) is 9.22. The molecule has 1 heterocycles. The summed E-state index contributed by atoms with van der Waals surface area (Å²) in [6.07, 6.45) is 8.60. The number of rotatable bonds is 3. The monoisotopic (exact) mass is 198 g/mol. The van der Waals surface area contributed by atoms with Crippen molar-refractivity contribution < 1.29 is 9.84 Å². The van der Waals surface area contributed by atoms with Crippen LogP contribution in [-0.2, 0) is 4.74 Å². The van der Waals surface area contributed by atoms with Crippen molar-refractivity contribution in [3.63, 3.8) is 0 Å². The fourth-order valence-corrected chi connectivity index (χ4v) is 3.26. The van der Waals surface area contributed by atoms with E-state index < -0.39 is 0 Å². The van der Waals surface area contributed by atoms with Gasteiger partial charge in [0.2, 0.25) is 0 Å². The SMILES string of the molecule is CC1(CC2(CO)CCCO2)CCCC1. The highest BCUT2D eigenvalue weighted by Crippen LogP contribution is 2.46. The fourth-order valence-electron chi connectivity index (χ4n) is 3.26. The van der Waals surface area contributed by atoms with E-state index in [9.17, 15) is 5.11 Å². The maximum Gasteiger partial charge on any atom is 0.0918 e. The van der Waals surface area contributed by atoms with Crippen LogP contribution in [0, 0.1) is 5.41 Å². The summed E-state index contributed by atoms with van der Waals surface area (Å²) < 4.78 is 5.77. The number of aliphatic hydroxyl groups excluding tert-OH is 1. The van der Waals surface area contributed by atoms with Crippen LogP contribution in [0.5, 0.6) is 0 Å². The second kappa shape index (κ2) is 3.82. The van der Waals surface area contributed by atoms with Gasteiger partial charge in [-0.2, -0.15) is 0 Å². The average molecular weight is 198 g/mol. The first kappa shape index (κ1) is 10.4. The Morgan fingerprint density at radius 1 is 1.14 bits per heavy atom. The lowest BCUT2D eigenvalue weighted by Crippen LogP contribution is -2.37. The molecule has 0 spiro atoms. The molecule has 1 saturated carbocycles. The van der Waals surface area contributed by atoms with E-state index in [4.69, 9.17) is 4.74 Å². The molecule has 2 heteroatoms. The van der Waals surface area contributed by atoms with Crippen molar-refractivity contribution in [1.82, 2.24) is 0 Å². The molecule has 0 aromatic rings. The number of ether oxygens (including phenoxy) is 1. The van der Waals surface area contributed by atoms with Crippen molar-refractivity contribution in [2.45, 2.75) is 57.5 Å². The van der Waals surface area contributed by atoms with Crippen molar-refractivity contribution in [1.29, 1.82) is 0 Å². The Balaban J connectivity index is 1.99. The summed E-state index contributed by atoms with van der Waals surface area (Å²) in [5.74, 6) is 0. The summed E-state index contributed by atoms with van der Waals surface area (Å²) in [6.45, 7) is 3.42. The fraction of sp³-hybridized carbons (Fsp3) is 1.00. The lowest BCUT2D eigenvalue weighted by molar-refractivity contribution is -0.0668. The minimum atomic E-state index is -0.181. The minimum Gasteiger partial charge on any atom is -0.393 e. The molecule has 1 unspecified atom stereocenters. The van der Waals surface area contributed by atoms with Crippen LogP contribution in [0.3, 0.4) is 0 Å². The van der Waals surface area contributed by atoms with Gasteiger partial charge in [0.05, 0.1) is 12.2 Å². The van der Waals surface area contributed by atoms with E-state index in [0.717, 1.165) is 25.9 Å². The summed E-state index contributed by atoms with van der Waals surface area (Å²) in [5, 5.41) is 9.47. The number of aliphatic hydroxyl groups is 1. The third-order valence-corrected chi connectivity index (χ3v) is 4.03. The molecule has 1 saturated heterocycles. The van der Waals surface area contributed by atoms with Crippen molar-refractivity contribution in [2.24, 2.45) is 5.41 Å². The van der Waals surface area contributed by atoms with Gasteiger partial charge in [-0.25, -0.2) is 0 Å².